The summed E-state index contributed by atoms with van der Waals surface area (Å²) in [5, 5.41) is 19.6. The molecule has 2 aromatic rings. The number of hydrogen-bond acceptors (Lipinski definition) is 4. The molecule has 0 amide bonds. The molecule has 2 rings (SSSR count). The first-order valence-electron chi connectivity index (χ1n) is 5.30. The normalized spacial score (nSPS) is 9.00. The van der Waals surface area contributed by atoms with Gasteiger partial charge in [-0.1, -0.05) is 11.8 Å². The Morgan fingerprint density at radius 1 is 1.16 bits per heavy atom. The van der Waals surface area contributed by atoms with Gasteiger partial charge in [0.05, 0.1) is 16.6 Å². The smallest absolute Gasteiger partial charge is 0.263 e. The predicted octanol–water partition coefficient (Wildman–Crippen LogP) is 2.26. The highest BCUT2D eigenvalue weighted by Gasteiger charge is 2.08. The Morgan fingerprint density at radius 2 is 1.89 bits per heavy atom. The molecule has 0 spiro atoms. The molecule has 5 nitrogen and oxygen atoms in total. The number of aromatic nitrogens is 1. The van der Waals surface area contributed by atoms with Crippen LogP contribution in [-0.2, 0) is 0 Å². The first kappa shape index (κ1) is 12.3. The van der Waals surface area contributed by atoms with Gasteiger partial charge >= 0.3 is 0 Å². The molecule has 1 heterocycles. The van der Waals surface area contributed by atoms with E-state index in [0.29, 0.717) is 11.1 Å². The molecule has 1 aromatic carbocycles. The van der Waals surface area contributed by atoms with E-state index in [1.54, 1.807) is 24.5 Å². The van der Waals surface area contributed by atoms with Crippen molar-refractivity contribution < 1.29 is 4.92 Å². The molecule has 0 aliphatic heterocycles. The summed E-state index contributed by atoms with van der Waals surface area (Å²) in [7, 11) is 0. The van der Waals surface area contributed by atoms with Gasteiger partial charge in [0, 0.05) is 35.7 Å². The summed E-state index contributed by atoms with van der Waals surface area (Å²) in [5.41, 5.74) is 1.20. The van der Waals surface area contributed by atoms with Crippen molar-refractivity contribution in [3.05, 3.63) is 69.5 Å². The van der Waals surface area contributed by atoms with E-state index >= 15 is 0 Å². The Balaban J connectivity index is 2.41. The van der Waals surface area contributed by atoms with Crippen LogP contribution in [0.25, 0.3) is 0 Å². The zero-order valence-electron chi connectivity index (χ0n) is 9.70. The molecule has 5 heteroatoms. The van der Waals surface area contributed by atoms with Gasteiger partial charge in [-0.05, 0) is 18.2 Å². The summed E-state index contributed by atoms with van der Waals surface area (Å²) in [6.45, 7) is 0. The first-order chi connectivity index (χ1) is 9.19. The Morgan fingerprint density at radius 3 is 2.53 bits per heavy atom. The quantitative estimate of drug-likeness (QED) is 0.441. The van der Waals surface area contributed by atoms with Crippen LogP contribution < -0.4 is 0 Å². The molecule has 0 saturated heterocycles. The van der Waals surface area contributed by atoms with Crippen molar-refractivity contribution in [1.82, 2.24) is 4.98 Å². The minimum atomic E-state index is -0.546. The fraction of sp³-hybridized carbons (Fsp3) is 0. The fourth-order valence-corrected chi connectivity index (χ4v) is 1.43. The third kappa shape index (κ3) is 3.15. The number of pyridine rings is 1. The van der Waals surface area contributed by atoms with Crippen molar-refractivity contribution >= 4 is 5.69 Å². The number of rotatable bonds is 1. The monoisotopic (exact) mass is 249 g/mol. The Bertz CT molecular complexity index is 722. The van der Waals surface area contributed by atoms with Gasteiger partial charge < -0.3 is 0 Å². The second-order valence-corrected chi connectivity index (χ2v) is 3.63. The molecule has 0 atom stereocenters. The molecule has 19 heavy (non-hydrogen) atoms. The topological polar surface area (TPSA) is 79.8 Å². The zero-order valence-corrected chi connectivity index (χ0v) is 9.70. The van der Waals surface area contributed by atoms with Crippen LogP contribution in [0.5, 0.6) is 0 Å². The first-order valence-corrected chi connectivity index (χ1v) is 5.30. The van der Waals surface area contributed by atoms with Crippen LogP contribution in [0.4, 0.5) is 5.69 Å². The summed E-state index contributed by atoms with van der Waals surface area (Å²) in [6, 6.07) is 9.47. The van der Waals surface area contributed by atoms with Gasteiger partial charge in [0.25, 0.3) is 5.69 Å². The Kier molecular flexibility index (Phi) is 3.51. The summed E-state index contributed by atoms with van der Waals surface area (Å²) in [6.07, 6.45) is 3.22. The molecule has 0 aliphatic carbocycles. The maximum Gasteiger partial charge on any atom is 0.271 e. The average molecular weight is 249 g/mol. The molecular formula is C14H7N3O2. The van der Waals surface area contributed by atoms with Crippen molar-refractivity contribution in [2.45, 2.75) is 0 Å². The molecule has 0 aliphatic rings. The summed E-state index contributed by atoms with van der Waals surface area (Å²) in [4.78, 5) is 14.1. The number of nitriles is 1. The molecule has 0 fully saturated rings. The van der Waals surface area contributed by atoms with E-state index in [4.69, 9.17) is 5.26 Å². The fourth-order valence-electron chi connectivity index (χ4n) is 1.43. The van der Waals surface area contributed by atoms with Gasteiger partial charge in [-0.2, -0.15) is 5.26 Å². The number of hydrogen-bond donors (Lipinski definition) is 0. The van der Waals surface area contributed by atoms with Gasteiger partial charge in [-0.15, -0.1) is 0 Å². The molecular weight excluding hydrogens is 242 g/mol. The largest absolute Gasteiger partial charge is 0.271 e. The number of nitro benzene ring substituents is 1. The van der Waals surface area contributed by atoms with Crippen molar-refractivity contribution in [3.63, 3.8) is 0 Å². The summed E-state index contributed by atoms with van der Waals surface area (Å²) < 4.78 is 0. The number of nitrogens with zero attached hydrogens (tertiary/aromatic N) is 3. The highest BCUT2D eigenvalue weighted by atomic mass is 16.6. The SMILES string of the molecule is N#Cc1cc(C#Cc2cccnc2)cc([N+](=O)[O-])c1. The Labute approximate surface area is 109 Å². The molecule has 1 aromatic heterocycles. The lowest BCUT2D eigenvalue weighted by atomic mass is 10.1. The van der Waals surface area contributed by atoms with Crippen molar-refractivity contribution in [2.24, 2.45) is 0 Å². The third-order valence-corrected chi connectivity index (χ3v) is 2.27. The van der Waals surface area contributed by atoms with Gasteiger partial charge in [-0.25, -0.2) is 0 Å². The van der Waals surface area contributed by atoms with E-state index in [-0.39, 0.29) is 11.3 Å². The summed E-state index contributed by atoms with van der Waals surface area (Å²) in [5.74, 6) is 5.62. The van der Waals surface area contributed by atoms with Gasteiger partial charge in [0.15, 0.2) is 0 Å². The zero-order chi connectivity index (χ0) is 13.7. The maximum atomic E-state index is 10.7. The van der Waals surface area contributed by atoms with Crippen LogP contribution in [-0.4, -0.2) is 9.91 Å². The lowest BCUT2D eigenvalue weighted by Gasteiger charge is -1.94. The Hall–Kier alpha value is -3.18. The second-order valence-electron chi connectivity index (χ2n) is 3.63. The molecule has 90 valence electrons. The van der Waals surface area contributed by atoms with E-state index in [1.165, 1.54) is 18.2 Å². The number of benzene rings is 1. The standard InChI is InChI=1S/C14H7N3O2/c15-9-13-6-12(7-14(8-13)17(18)19)4-3-11-2-1-5-16-10-11/h1-2,5-8,10H. The lowest BCUT2D eigenvalue weighted by molar-refractivity contribution is -0.384. The molecule has 0 unspecified atom stereocenters. The molecule has 0 bridgehead atoms. The predicted molar refractivity (Wildman–Crippen MR) is 68.0 cm³/mol. The van der Waals surface area contributed by atoms with Gasteiger partial charge in [0.2, 0.25) is 0 Å². The van der Waals surface area contributed by atoms with E-state index in [9.17, 15) is 10.1 Å². The van der Waals surface area contributed by atoms with Crippen LogP contribution in [0, 0.1) is 33.3 Å². The highest BCUT2D eigenvalue weighted by Crippen LogP contribution is 2.16. The van der Waals surface area contributed by atoms with Crippen LogP contribution in [0.15, 0.2) is 42.7 Å². The highest BCUT2D eigenvalue weighted by molar-refractivity contribution is 5.51. The van der Waals surface area contributed by atoms with E-state index in [1.807, 2.05) is 6.07 Å². The van der Waals surface area contributed by atoms with Crippen LogP contribution in [0.2, 0.25) is 0 Å². The van der Waals surface area contributed by atoms with E-state index < -0.39 is 4.92 Å². The third-order valence-electron chi connectivity index (χ3n) is 2.27. The minimum absolute atomic E-state index is 0.144. The van der Waals surface area contributed by atoms with Gasteiger partial charge in [0.1, 0.15) is 0 Å². The molecule has 0 N–H and O–H groups in total. The van der Waals surface area contributed by atoms with E-state index in [2.05, 4.69) is 16.8 Å². The number of non-ortho nitro benzene ring substituents is 1. The number of nitro groups is 1. The molecule has 0 saturated carbocycles. The minimum Gasteiger partial charge on any atom is -0.263 e. The second kappa shape index (κ2) is 5.44. The van der Waals surface area contributed by atoms with Crippen molar-refractivity contribution in [1.29, 1.82) is 5.26 Å². The summed E-state index contributed by atoms with van der Waals surface area (Å²) >= 11 is 0. The average Bonchev–Trinajstić information content (AvgIpc) is 2.45. The van der Waals surface area contributed by atoms with Gasteiger partial charge in [-0.3, -0.25) is 15.1 Å². The molecule has 0 radical (unpaired) electrons. The van der Waals surface area contributed by atoms with Crippen molar-refractivity contribution in [3.8, 4) is 17.9 Å². The lowest BCUT2D eigenvalue weighted by Crippen LogP contribution is -1.90. The van der Waals surface area contributed by atoms with Crippen LogP contribution >= 0.6 is 0 Å². The van der Waals surface area contributed by atoms with Crippen LogP contribution in [0.1, 0.15) is 16.7 Å². The van der Waals surface area contributed by atoms with Crippen molar-refractivity contribution in [2.75, 3.05) is 0 Å². The van der Waals surface area contributed by atoms with Crippen LogP contribution in [0.3, 0.4) is 0 Å². The van der Waals surface area contributed by atoms with E-state index in [0.717, 1.165) is 0 Å². The maximum absolute atomic E-state index is 10.7.